The maximum absolute atomic E-state index is 4.08. The third-order valence-corrected chi connectivity index (χ3v) is 3.90. The van der Waals surface area contributed by atoms with Crippen LogP contribution in [0.4, 0.5) is 0 Å². The summed E-state index contributed by atoms with van der Waals surface area (Å²) >= 11 is 2.08. The fourth-order valence-electron chi connectivity index (χ4n) is 1.59. The van der Waals surface area contributed by atoms with E-state index in [4.69, 9.17) is 0 Å². The van der Waals surface area contributed by atoms with E-state index in [1.165, 1.54) is 29.4 Å². The third-order valence-electron chi connectivity index (χ3n) is 2.92. The molecule has 0 rings (SSSR count). The molecule has 0 aromatic heterocycles. The van der Waals surface area contributed by atoms with Crippen LogP contribution in [0.1, 0.15) is 39.5 Å². The number of rotatable bonds is 8. The van der Waals surface area contributed by atoms with Crippen LogP contribution in [-0.4, -0.2) is 21.7 Å². The van der Waals surface area contributed by atoms with Crippen LogP contribution in [0.25, 0.3) is 0 Å². The Morgan fingerprint density at radius 2 is 1.93 bits per heavy atom. The number of hydrogen-bond donors (Lipinski definition) is 0. The Morgan fingerprint density at radius 3 is 2.33 bits per heavy atom. The number of allylic oxidation sites excluding steroid dienone is 2. The molecule has 2 unspecified atom stereocenters. The summed E-state index contributed by atoms with van der Waals surface area (Å²) in [5.41, 5.74) is 1.35. The van der Waals surface area contributed by atoms with Crippen molar-refractivity contribution in [1.82, 2.24) is 0 Å². The van der Waals surface area contributed by atoms with Crippen LogP contribution in [0.3, 0.4) is 0 Å². The van der Waals surface area contributed by atoms with Crippen molar-refractivity contribution in [3.63, 3.8) is 0 Å². The molecule has 0 aromatic carbocycles. The molecule has 2 heteroatoms. The largest absolute Gasteiger partial charge is 1.00 e. The molecule has 0 aromatic rings. The van der Waals surface area contributed by atoms with E-state index in [0.29, 0.717) is 5.92 Å². The predicted molar refractivity (Wildman–Crippen MR) is 66.7 cm³/mol. The second-order valence-electron chi connectivity index (χ2n) is 4.38. The van der Waals surface area contributed by atoms with Gasteiger partial charge in [0.05, 0.1) is 0 Å². The first-order valence-corrected chi connectivity index (χ1v) is 6.67. The molecule has 0 amide bonds. The Kier molecular flexibility index (Phi) is 14.0. The number of halogens is 1. The van der Waals surface area contributed by atoms with Crippen LogP contribution in [0.2, 0.25) is 4.55 Å². The Balaban J connectivity index is 0. The van der Waals surface area contributed by atoms with Gasteiger partial charge in [-0.3, -0.25) is 0 Å². The molecule has 84 valence electrons. The molecule has 0 aliphatic rings. The second-order valence-corrected chi connectivity index (χ2v) is 4.96. The molecule has 0 saturated carbocycles. The molecular weight excluding hydrogens is 307 g/mol. The summed E-state index contributed by atoms with van der Waals surface area (Å²) in [5, 5.41) is 0. The van der Waals surface area contributed by atoms with E-state index in [0.717, 1.165) is 12.3 Å². The molecule has 0 N–H and O–H groups in total. The summed E-state index contributed by atoms with van der Waals surface area (Å²) in [6, 6.07) is 0. The molecule has 2 atom stereocenters. The topological polar surface area (TPSA) is 0 Å². The summed E-state index contributed by atoms with van der Waals surface area (Å²) < 4.78 is 1.32. The quantitative estimate of drug-likeness (QED) is 0.356. The Labute approximate surface area is 125 Å². The standard InChI is InChI=1S/C13H23.HI.Mg/c1-6-7-8-13(12(4)5)10-9-11(2)3;;/h6,11,13H,1-2,4,7-10H2,3,5H3;1H;/q;;+1/p-1. The van der Waals surface area contributed by atoms with E-state index in [-0.39, 0.29) is 24.0 Å². The Morgan fingerprint density at radius 1 is 1.33 bits per heavy atom. The van der Waals surface area contributed by atoms with Gasteiger partial charge in [0.25, 0.3) is 0 Å². The molecule has 0 spiro atoms. The maximum atomic E-state index is 4.08. The zero-order chi connectivity index (χ0) is 11.0. The number of hydrogen-bond acceptors (Lipinski definition) is 0. The van der Waals surface area contributed by atoms with Crippen molar-refractivity contribution in [3.05, 3.63) is 24.8 Å². The molecule has 15 heavy (non-hydrogen) atoms. The van der Waals surface area contributed by atoms with Crippen molar-refractivity contribution in [2.45, 2.75) is 44.1 Å². The van der Waals surface area contributed by atoms with E-state index in [2.05, 4.69) is 48.7 Å². The van der Waals surface area contributed by atoms with Crippen molar-refractivity contribution in [1.29, 1.82) is 0 Å². The van der Waals surface area contributed by atoms with Crippen LogP contribution >= 0.6 is 0 Å². The van der Waals surface area contributed by atoms with Gasteiger partial charge in [0.2, 0.25) is 0 Å². The SMILES string of the molecule is C=CCCC(CCC(C)[CH2][Mg+])C(=C)C.[I-]. The van der Waals surface area contributed by atoms with Gasteiger partial charge in [-0.15, -0.1) is 0 Å². The molecule has 0 heterocycles. The van der Waals surface area contributed by atoms with E-state index >= 15 is 0 Å². The van der Waals surface area contributed by atoms with Crippen molar-refractivity contribution in [2.24, 2.45) is 11.8 Å². The maximum Gasteiger partial charge on any atom is -1.00 e. The van der Waals surface area contributed by atoms with Gasteiger partial charge in [0, 0.05) is 0 Å². The van der Waals surface area contributed by atoms with Gasteiger partial charge >= 0.3 is 102 Å². The van der Waals surface area contributed by atoms with Gasteiger partial charge in [-0.05, 0) is 0 Å². The predicted octanol–water partition coefficient (Wildman–Crippen LogP) is 1.15. The zero-order valence-corrected chi connectivity index (χ0v) is 13.8. The molecule has 0 nitrogen and oxygen atoms in total. The minimum Gasteiger partial charge on any atom is -1.00 e. The van der Waals surface area contributed by atoms with Crippen molar-refractivity contribution in [3.8, 4) is 0 Å². The Bertz CT molecular complexity index is 177. The van der Waals surface area contributed by atoms with Crippen LogP contribution in [-0.2, 0) is 0 Å². The smallest absolute Gasteiger partial charge is 1.00 e. The zero-order valence-electron chi connectivity index (χ0n) is 10.3. The fraction of sp³-hybridized carbons (Fsp3) is 0.692. The minimum atomic E-state index is 0. The Hall–Kier alpha value is 0.976. The normalized spacial score (nSPS) is 13.9. The van der Waals surface area contributed by atoms with Crippen molar-refractivity contribution < 1.29 is 24.0 Å². The summed E-state index contributed by atoms with van der Waals surface area (Å²) in [4.78, 5) is 0. The van der Waals surface area contributed by atoms with Crippen molar-refractivity contribution in [2.75, 3.05) is 0 Å². The monoisotopic (exact) mass is 330 g/mol. The molecule has 0 aliphatic carbocycles. The molecular formula is C13H23IMg. The van der Waals surface area contributed by atoms with Gasteiger partial charge in [-0.2, -0.15) is 0 Å². The molecule has 0 fully saturated rings. The summed E-state index contributed by atoms with van der Waals surface area (Å²) in [5.74, 6) is 1.59. The molecule has 0 saturated heterocycles. The third kappa shape index (κ3) is 9.88. The second kappa shape index (κ2) is 11.5. The van der Waals surface area contributed by atoms with Gasteiger partial charge in [-0.25, -0.2) is 0 Å². The van der Waals surface area contributed by atoms with Crippen LogP contribution < -0.4 is 24.0 Å². The first-order valence-electron chi connectivity index (χ1n) is 5.67. The van der Waals surface area contributed by atoms with E-state index in [1.807, 2.05) is 6.08 Å². The van der Waals surface area contributed by atoms with Gasteiger partial charge in [0.1, 0.15) is 0 Å². The fourth-order valence-corrected chi connectivity index (χ4v) is 1.87. The van der Waals surface area contributed by atoms with Crippen LogP contribution in [0, 0.1) is 11.8 Å². The van der Waals surface area contributed by atoms with E-state index in [9.17, 15) is 0 Å². The van der Waals surface area contributed by atoms with Gasteiger partial charge in [0.15, 0.2) is 0 Å². The molecule has 0 aliphatic heterocycles. The minimum absolute atomic E-state index is 0. The van der Waals surface area contributed by atoms with E-state index in [1.54, 1.807) is 0 Å². The first-order chi connectivity index (χ1) is 6.61. The van der Waals surface area contributed by atoms with Gasteiger partial charge < -0.3 is 24.0 Å². The average Bonchev–Trinajstić information content (AvgIpc) is 2.16. The van der Waals surface area contributed by atoms with Crippen LogP contribution in [0.5, 0.6) is 0 Å². The van der Waals surface area contributed by atoms with E-state index < -0.39 is 0 Å². The first kappa shape index (κ1) is 18.3. The molecule has 0 bridgehead atoms. The van der Waals surface area contributed by atoms with Crippen molar-refractivity contribution >= 4 is 21.7 Å². The average molecular weight is 331 g/mol. The van der Waals surface area contributed by atoms with Gasteiger partial charge in [-0.1, -0.05) is 0 Å². The summed E-state index contributed by atoms with van der Waals surface area (Å²) in [6.45, 7) is 12.4. The van der Waals surface area contributed by atoms with Crippen LogP contribution in [0.15, 0.2) is 24.8 Å². The molecule has 0 radical (unpaired) electrons. The summed E-state index contributed by atoms with van der Waals surface area (Å²) in [6.07, 6.45) is 7.03. The summed E-state index contributed by atoms with van der Waals surface area (Å²) in [7, 11) is 0.